The second-order valence-corrected chi connectivity index (χ2v) is 5.63. The average Bonchev–Trinajstić information content (AvgIpc) is 3.13. The summed E-state index contributed by atoms with van der Waals surface area (Å²) in [6.45, 7) is 0.188. The van der Waals surface area contributed by atoms with Crippen molar-refractivity contribution in [1.29, 1.82) is 0 Å². The Bertz CT molecular complexity index is 952. The van der Waals surface area contributed by atoms with Crippen LogP contribution in [-0.2, 0) is 23.2 Å². The first kappa shape index (κ1) is 18.1. The number of hydrogen-bond donors (Lipinski definition) is 2. The fraction of sp³-hybridized carbons (Fsp3) is 0.167. The van der Waals surface area contributed by atoms with Crippen LogP contribution >= 0.6 is 0 Å². The van der Waals surface area contributed by atoms with Gasteiger partial charge in [0.05, 0.1) is 14.2 Å². The molecule has 138 valence electrons. The normalized spacial score (nSPS) is 10.3. The van der Waals surface area contributed by atoms with Gasteiger partial charge in [-0.2, -0.15) is 4.80 Å². The minimum absolute atomic E-state index is 0.188. The number of carbonyl (C=O) groups is 2. The Hall–Kier alpha value is -3.75. The number of hydrogen-bond acceptors (Lipinski definition) is 6. The molecule has 0 fully saturated rings. The van der Waals surface area contributed by atoms with E-state index in [4.69, 9.17) is 4.74 Å². The van der Waals surface area contributed by atoms with Crippen molar-refractivity contribution in [2.24, 2.45) is 7.05 Å². The summed E-state index contributed by atoms with van der Waals surface area (Å²) >= 11 is 0. The number of nitrogens with one attached hydrogen (secondary N) is 2. The second-order valence-electron chi connectivity index (χ2n) is 5.63. The first-order valence-electron chi connectivity index (χ1n) is 8.12. The summed E-state index contributed by atoms with van der Waals surface area (Å²) in [6.07, 6.45) is 0. The third-order valence-corrected chi connectivity index (χ3v) is 3.75. The highest BCUT2D eigenvalue weighted by atomic mass is 16.5. The number of nitrogens with zero attached hydrogens (tertiary/aromatic N) is 4. The molecular formula is C18H18N6O3. The van der Waals surface area contributed by atoms with E-state index in [9.17, 15) is 9.59 Å². The SMILES string of the molecule is COc1ccccc1CNC(=O)C(=O)Nc1ccc(-c2nnn(C)n2)cc1. The third kappa shape index (κ3) is 4.46. The van der Waals surface area contributed by atoms with Gasteiger partial charge in [-0.25, -0.2) is 0 Å². The molecule has 0 bridgehead atoms. The van der Waals surface area contributed by atoms with Gasteiger partial charge in [0, 0.05) is 23.4 Å². The van der Waals surface area contributed by atoms with Crippen LogP contribution in [0, 0.1) is 0 Å². The van der Waals surface area contributed by atoms with Gasteiger partial charge >= 0.3 is 11.8 Å². The standard InChI is InChI=1S/C18H18N6O3/c1-24-22-16(21-23-24)12-7-9-14(10-8-12)20-18(26)17(25)19-11-13-5-3-4-6-15(13)27-2/h3-10H,11H2,1-2H3,(H,19,25)(H,20,26). The fourth-order valence-corrected chi connectivity index (χ4v) is 2.39. The topological polar surface area (TPSA) is 111 Å². The summed E-state index contributed by atoms with van der Waals surface area (Å²) in [4.78, 5) is 25.4. The van der Waals surface area contributed by atoms with Crippen LogP contribution in [0.5, 0.6) is 5.75 Å². The van der Waals surface area contributed by atoms with E-state index in [-0.39, 0.29) is 6.54 Å². The molecule has 0 unspecified atom stereocenters. The highest BCUT2D eigenvalue weighted by Gasteiger charge is 2.14. The molecule has 2 N–H and O–H groups in total. The number of anilines is 1. The number of aromatic nitrogens is 4. The van der Waals surface area contributed by atoms with Gasteiger partial charge < -0.3 is 15.4 Å². The molecule has 0 saturated carbocycles. The number of amides is 2. The molecule has 3 rings (SSSR count). The van der Waals surface area contributed by atoms with E-state index < -0.39 is 11.8 Å². The molecule has 3 aromatic rings. The van der Waals surface area contributed by atoms with Crippen LogP contribution in [0.3, 0.4) is 0 Å². The number of methoxy groups -OCH3 is 1. The lowest BCUT2D eigenvalue weighted by atomic mass is 10.2. The Labute approximate surface area is 155 Å². The van der Waals surface area contributed by atoms with Crippen LogP contribution in [0.4, 0.5) is 5.69 Å². The predicted octanol–water partition coefficient (Wildman–Crippen LogP) is 1.14. The van der Waals surface area contributed by atoms with Crippen molar-refractivity contribution < 1.29 is 14.3 Å². The maximum Gasteiger partial charge on any atom is 0.313 e. The van der Waals surface area contributed by atoms with Crippen molar-refractivity contribution >= 4 is 17.5 Å². The maximum atomic E-state index is 12.1. The van der Waals surface area contributed by atoms with Gasteiger partial charge in [0.25, 0.3) is 0 Å². The Balaban J connectivity index is 1.57. The largest absolute Gasteiger partial charge is 0.496 e. The molecule has 27 heavy (non-hydrogen) atoms. The number of rotatable bonds is 5. The molecule has 2 amide bonds. The van der Waals surface area contributed by atoms with E-state index in [1.54, 1.807) is 44.5 Å². The molecular weight excluding hydrogens is 348 g/mol. The van der Waals surface area contributed by atoms with Crippen LogP contribution in [0.15, 0.2) is 48.5 Å². The number of tetrazole rings is 1. The van der Waals surface area contributed by atoms with Gasteiger partial charge in [-0.1, -0.05) is 18.2 Å². The highest BCUT2D eigenvalue weighted by Crippen LogP contribution is 2.18. The smallest absolute Gasteiger partial charge is 0.313 e. The molecule has 0 spiro atoms. The van der Waals surface area contributed by atoms with Gasteiger partial charge in [0.1, 0.15) is 5.75 Å². The molecule has 1 aromatic heterocycles. The Morgan fingerprint density at radius 2 is 1.81 bits per heavy atom. The van der Waals surface area contributed by atoms with Crippen LogP contribution in [0.1, 0.15) is 5.56 Å². The molecule has 0 aliphatic carbocycles. The van der Waals surface area contributed by atoms with Gasteiger partial charge in [0.2, 0.25) is 5.82 Å². The van der Waals surface area contributed by atoms with Crippen LogP contribution < -0.4 is 15.4 Å². The van der Waals surface area contributed by atoms with Crippen molar-refractivity contribution in [3.8, 4) is 17.1 Å². The van der Waals surface area contributed by atoms with Crippen molar-refractivity contribution in [3.63, 3.8) is 0 Å². The number of carbonyl (C=O) groups excluding carboxylic acids is 2. The number of aryl methyl sites for hydroxylation is 1. The number of para-hydroxylation sites is 1. The van der Waals surface area contributed by atoms with Crippen molar-refractivity contribution in [2.45, 2.75) is 6.54 Å². The molecule has 1 heterocycles. The lowest BCUT2D eigenvalue weighted by Gasteiger charge is -2.10. The summed E-state index contributed by atoms with van der Waals surface area (Å²) in [6, 6.07) is 14.1. The zero-order valence-corrected chi connectivity index (χ0v) is 14.8. The molecule has 0 aliphatic rings. The number of benzene rings is 2. The van der Waals surface area contributed by atoms with E-state index in [2.05, 4.69) is 26.0 Å². The monoisotopic (exact) mass is 366 g/mol. The highest BCUT2D eigenvalue weighted by molar-refractivity contribution is 6.39. The van der Waals surface area contributed by atoms with Crippen molar-refractivity contribution in [3.05, 3.63) is 54.1 Å². The predicted molar refractivity (Wildman–Crippen MR) is 97.7 cm³/mol. The van der Waals surface area contributed by atoms with E-state index in [1.165, 1.54) is 4.80 Å². The molecule has 0 saturated heterocycles. The molecule has 0 aliphatic heterocycles. The molecule has 0 atom stereocenters. The lowest BCUT2D eigenvalue weighted by molar-refractivity contribution is -0.136. The van der Waals surface area contributed by atoms with E-state index >= 15 is 0 Å². The van der Waals surface area contributed by atoms with Gasteiger partial charge in [-0.05, 0) is 35.5 Å². The fourth-order valence-electron chi connectivity index (χ4n) is 2.39. The zero-order valence-electron chi connectivity index (χ0n) is 14.8. The summed E-state index contributed by atoms with van der Waals surface area (Å²) < 4.78 is 5.21. The quantitative estimate of drug-likeness (QED) is 0.655. The Morgan fingerprint density at radius 1 is 1.07 bits per heavy atom. The van der Waals surface area contributed by atoms with Crippen LogP contribution in [0.2, 0.25) is 0 Å². The minimum Gasteiger partial charge on any atom is -0.496 e. The van der Waals surface area contributed by atoms with Crippen LogP contribution in [0.25, 0.3) is 11.4 Å². The Kier molecular flexibility index (Phi) is 5.41. The minimum atomic E-state index is -0.754. The summed E-state index contributed by atoms with van der Waals surface area (Å²) in [5, 5.41) is 16.9. The first-order valence-corrected chi connectivity index (χ1v) is 8.12. The summed E-state index contributed by atoms with van der Waals surface area (Å²) in [7, 11) is 3.22. The summed E-state index contributed by atoms with van der Waals surface area (Å²) in [5.41, 5.74) is 2.02. The third-order valence-electron chi connectivity index (χ3n) is 3.75. The molecule has 9 heteroatoms. The first-order chi connectivity index (χ1) is 13.1. The van der Waals surface area contributed by atoms with Gasteiger partial charge in [-0.15, -0.1) is 10.2 Å². The van der Waals surface area contributed by atoms with E-state index in [0.29, 0.717) is 17.3 Å². The van der Waals surface area contributed by atoms with Crippen molar-refractivity contribution in [2.75, 3.05) is 12.4 Å². The molecule has 0 radical (unpaired) electrons. The van der Waals surface area contributed by atoms with Gasteiger partial charge in [-0.3, -0.25) is 9.59 Å². The van der Waals surface area contributed by atoms with E-state index in [1.807, 2.05) is 18.2 Å². The van der Waals surface area contributed by atoms with E-state index in [0.717, 1.165) is 11.1 Å². The van der Waals surface area contributed by atoms with Crippen molar-refractivity contribution in [1.82, 2.24) is 25.5 Å². The average molecular weight is 366 g/mol. The lowest BCUT2D eigenvalue weighted by Crippen LogP contribution is -2.35. The summed E-state index contributed by atoms with van der Waals surface area (Å²) in [5.74, 6) is -0.368. The maximum absolute atomic E-state index is 12.1. The Morgan fingerprint density at radius 3 is 2.48 bits per heavy atom. The zero-order chi connectivity index (χ0) is 19.2. The second kappa shape index (κ2) is 8.09. The number of ether oxygens (including phenoxy) is 1. The van der Waals surface area contributed by atoms with Crippen LogP contribution in [-0.4, -0.2) is 39.1 Å². The van der Waals surface area contributed by atoms with Gasteiger partial charge in [0.15, 0.2) is 0 Å². The molecule has 2 aromatic carbocycles. The molecule has 9 nitrogen and oxygen atoms in total.